The molecule has 0 heterocycles. The fraction of sp³-hybridized carbons (Fsp3) is 0. The van der Waals surface area contributed by atoms with E-state index in [1.165, 1.54) is 24.3 Å². The van der Waals surface area contributed by atoms with E-state index in [0.29, 0.717) is 22.0 Å². The third-order valence-electron chi connectivity index (χ3n) is 5.39. The Kier molecular flexibility index (Phi) is 6.71. The number of hydrogen-bond donors (Lipinski definition) is 0. The van der Waals surface area contributed by atoms with Crippen molar-refractivity contribution in [2.24, 2.45) is 4.99 Å². The lowest BCUT2D eigenvalue weighted by Crippen LogP contribution is -2.11. The molecule has 0 spiro atoms. The topological polar surface area (TPSA) is 65.0 Å². The number of aliphatic imine (C=N–C) groups is 1. The van der Waals surface area contributed by atoms with Crippen molar-refractivity contribution in [3.05, 3.63) is 126 Å². The van der Waals surface area contributed by atoms with Crippen LogP contribution in [0.5, 0.6) is 17.2 Å². The second-order valence-electron chi connectivity index (χ2n) is 7.86. The molecule has 0 amide bonds. The number of ether oxygens (including phenoxy) is 1. The maximum absolute atomic E-state index is 12.9. The Bertz CT molecular complexity index is 1630. The summed E-state index contributed by atoms with van der Waals surface area (Å²) in [5, 5.41) is 2.18. The summed E-state index contributed by atoms with van der Waals surface area (Å²) in [7, 11) is -4.08. The van der Waals surface area contributed by atoms with Crippen LogP contribution in [-0.4, -0.2) is 14.6 Å². The quantitative estimate of drug-likeness (QED) is 0.164. The van der Waals surface area contributed by atoms with Gasteiger partial charge in [0.25, 0.3) is 0 Å². The van der Waals surface area contributed by atoms with Crippen LogP contribution < -0.4 is 8.92 Å². The molecule has 0 saturated heterocycles. The molecule has 0 fully saturated rings. The maximum atomic E-state index is 12.9. The Hall–Kier alpha value is -4.13. The van der Waals surface area contributed by atoms with Crippen LogP contribution in [0.4, 0.5) is 5.69 Å². The van der Waals surface area contributed by atoms with Crippen molar-refractivity contribution < 1.29 is 17.3 Å². The van der Waals surface area contributed by atoms with Gasteiger partial charge in [-0.25, -0.2) is 0 Å². The SMILES string of the molecule is O=S(=O)(Oc1ccc2ccccc2c1C=Nc1ccc(Oc2ccccc2)cc1)c1ccc(Cl)cc1. The molecule has 7 heteroatoms. The first kappa shape index (κ1) is 23.6. The molecule has 0 atom stereocenters. The van der Waals surface area contributed by atoms with Crippen LogP contribution in [0.2, 0.25) is 5.02 Å². The number of para-hydroxylation sites is 1. The molecule has 0 aliphatic rings. The standard InChI is InChI=1S/C29H20ClNO4S/c30-22-11-17-26(18-12-22)36(32,33)35-29-19-10-21-6-4-5-9-27(21)28(29)20-31-23-13-15-25(16-14-23)34-24-7-2-1-3-8-24/h1-20H. The van der Waals surface area contributed by atoms with Gasteiger partial charge in [-0.05, 0) is 77.5 Å². The highest BCUT2D eigenvalue weighted by Crippen LogP contribution is 2.30. The summed E-state index contributed by atoms with van der Waals surface area (Å²) < 4.78 is 37.3. The zero-order chi connectivity index (χ0) is 25.0. The van der Waals surface area contributed by atoms with Gasteiger partial charge in [-0.1, -0.05) is 60.1 Å². The average Bonchev–Trinajstić information content (AvgIpc) is 2.89. The summed E-state index contributed by atoms with van der Waals surface area (Å²) in [4.78, 5) is 4.59. The summed E-state index contributed by atoms with van der Waals surface area (Å²) in [6.45, 7) is 0. The highest BCUT2D eigenvalue weighted by Gasteiger charge is 2.19. The van der Waals surface area contributed by atoms with E-state index in [9.17, 15) is 8.42 Å². The van der Waals surface area contributed by atoms with Crippen LogP contribution in [0.3, 0.4) is 0 Å². The second-order valence-corrected chi connectivity index (χ2v) is 9.84. The number of hydrogen-bond acceptors (Lipinski definition) is 5. The molecule has 0 N–H and O–H groups in total. The van der Waals surface area contributed by atoms with E-state index in [-0.39, 0.29) is 10.6 Å². The minimum atomic E-state index is -4.08. The summed E-state index contributed by atoms with van der Waals surface area (Å²) in [5.41, 5.74) is 1.23. The van der Waals surface area contributed by atoms with Crippen LogP contribution in [0.15, 0.2) is 125 Å². The summed E-state index contributed by atoms with van der Waals surface area (Å²) >= 11 is 5.90. The van der Waals surface area contributed by atoms with E-state index in [1.54, 1.807) is 12.3 Å². The zero-order valence-electron chi connectivity index (χ0n) is 18.9. The van der Waals surface area contributed by atoms with Gasteiger partial charge in [0.15, 0.2) is 5.75 Å². The van der Waals surface area contributed by atoms with Crippen LogP contribution >= 0.6 is 11.6 Å². The molecule has 0 saturated carbocycles. The fourth-order valence-electron chi connectivity index (χ4n) is 3.61. The Morgan fingerprint density at radius 3 is 2.11 bits per heavy atom. The van der Waals surface area contributed by atoms with Gasteiger partial charge in [-0.3, -0.25) is 4.99 Å². The smallest absolute Gasteiger partial charge is 0.339 e. The van der Waals surface area contributed by atoms with Crippen molar-refractivity contribution in [1.29, 1.82) is 0 Å². The first-order chi connectivity index (χ1) is 17.5. The van der Waals surface area contributed by atoms with Crippen LogP contribution in [-0.2, 0) is 10.1 Å². The van der Waals surface area contributed by atoms with E-state index < -0.39 is 10.1 Å². The first-order valence-corrected chi connectivity index (χ1v) is 12.9. The van der Waals surface area contributed by atoms with Crippen LogP contribution in [0.1, 0.15) is 5.56 Å². The Morgan fingerprint density at radius 2 is 1.36 bits per heavy atom. The minimum Gasteiger partial charge on any atom is -0.457 e. The second kappa shape index (κ2) is 10.2. The maximum Gasteiger partial charge on any atom is 0.339 e. The van der Waals surface area contributed by atoms with E-state index in [4.69, 9.17) is 20.5 Å². The van der Waals surface area contributed by atoms with Crippen molar-refractivity contribution in [1.82, 2.24) is 0 Å². The molecule has 0 aliphatic heterocycles. The van der Waals surface area contributed by atoms with Crippen molar-refractivity contribution in [2.75, 3.05) is 0 Å². The molecular weight excluding hydrogens is 494 g/mol. The molecule has 5 rings (SSSR count). The minimum absolute atomic E-state index is 0.0111. The van der Waals surface area contributed by atoms with E-state index >= 15 is 0 Å². The number of nitrogens with zero attached hydrogens (tertiary/aromatic N) is 1. The number of benzene rings is 5. The summed E-state index contributed by atoms with van der Waals surface area (Å²) in [6.07, 6.45) is 1.61. The van der Waals surface area contributed by atoms with Gasteiger partial charge < -0.3 is 8.92 Å². The molecule has 0 bridgehead atoms. The summed E-state index contributed by atoms with van der Waals surface area (Å²) in [6, 6.07) is 33.7. The third-order valence-corrected chi connectivity index (χ3v) is 6.89. The molecular formula is C29H20ClNO4S. The van der Waals surface area contributed by atoms with E-state index in [0.717, 1.165) is 16.5 Å². The van der Waals surface area contributed by atoms with Gasteiger partial charge in [0.2, 0.25) is 0 Å². The molecule has 5 aromatic rings. The molecule has 0 aromatic heterocycles. The Labute approximate surface area is 214 Å². The molecule has 36 heavy (non-hydrogen) atoms. The summed E-state index contributed by atoms with van der Waals surface area (Å²) in [5.74, 6) is 1.60. The van der Waals surface area contributed by atoms with E-state index in [1.807, 2.05) is 84.9 Å². The first-order valence-electron chi connectivity index (χ1n) is 11.1. The Morgan fingerprint density at radius 1 is 0.694 bits per heavy atom. The normalized spacial score (nSPS) is 11.6. The predicted octanol–water partition coefficient (Wildman–Crippen LogP) is 7.80. The zero-order valence-corrected chi connectivity index (χ0v) is 20.5. The average molecular weight is 514 g/mol. The highest BCUT2D eigenvalue weighted by molar-refractivity contribution is 7.87. The van der Waals surface area contributed by atoms with Crippen molar-refractivity contribution >= 4 is 44.4 Å². The van der Waals surface area contributed by atoms with Crippen LogP contribution in [0, 0.1) is 0 Å². The van der Waals surface area contributed by atoms with Crippen molar-refractivity contribution in [3.63, 3.8) is 0 Å². The van der Waals surface area contributed by atoms with Crippen LogP contribution in [0.25, 0.3) is 10.8 Å². The molecule has 0 radical (unpaired) electrons. The molecule has 0 unspecified atom stereocenters. The van der Waals surface area contributed by atoms with Gasteiger partial charge in [0.05, 0.1) is 5.69 Å². The molecule has 5 aromatic carbocycles. The van der Waals surface area contributed by atoms with Crippen molar-refractivity contribution in [3.8, 4) is 17.2 Å². The third kappa shape index (κ3) is 5.40. The van der Waals surface area contributed by atoms with E-state index in [2.05, 4.69) is 4.99 Å². The molecule has 0 aliphatic carbocycles. The van der Waals surface area contributed by atoms with Gasteiger partial charge >= 0.3 is 10.1 Å². The number of halogens is 1. The molecule has 5 nitrogen and oxygen atoms in total. The fourth-order valence-corrected chi connectivity index (χ4v) is 4.69. The lowest BCUT2D eigenvalue weighted by molar-refractivity contribution is 0.482. The number of fused-ring (bicyclic) bond motifs is 1. The van der Waals surface area contributed by atoms with Gasteiger partial charge in [0, 0.05) is 16.8 Å². The lowest BCUT2D eigenvalue weighted by atomic mass is 10.0. The highest BCUT2D eigenvalue weighted by atomic mass is 35.5. The Balaban J connectivity index is 1.46. The number of rotatable bonds is 7. The lowest BCUT2D eigenvalue weighted by Gasteiger charge is -2.12. The van der Waals surface area contributed by atoms with Gasteiger partial charge in [0.1, 0.15) is 16.4 Å². The van der Waals surface area contributed by atoms with Crippen molar-refractivity contribution in [2.45, 2.75) is 4.90 Å². The predicted molar refractivity (Wildman–Crippen MR) is 143 cm³/mol. The monoisotopic (exact) mass is 513 g/mol. The van der Waals surface area contributed by atoms with Gasteiger partial charge in [-0.2, -0.15) is 8.42 Å². The molecule has 178 valence electrons. The largest absolute Gasteiger partial charge is 0.457 e. The van der Waals surface area contributed by atoms with Gasteiger partial charge in [-0.15, -0.1) is 0 Å².